The number of hydrogen-bond acceptors (Lipinski definition) is 4. The van der Waals surface area contributed by atoms with E-state index < -0.39 is 18.1 Å². The van der Waals surface area contributed by atoms with Crippen LogP contribution < -0.4 is 5.32 Å². The smallest absolute Gasteiger partial charge is 0.321 e. The Bertz CT molecular complexity index is 725. The zero-order valence-corrected chi connectivity index (χ0v) is 15.6. The van der Waals surface area contributed by atoms with Crippen LogP contribution in [0.5, 0.6) is 0 Å². The second kappa shape index (κ2) is 9.29. The van der Waals surface area contributed by atoms with Crippen molar-refractivity contribution in [3.8, 4) is 0 Å². The maximum atomic E-state index is 11.8. The predicted molar refractivity (Wildman–Crippen MR) is 100.0 cm³/mol. The van der Waals surface area contributed by atoms with Gasteiger partial charge in [-0.3, -0.25) is 19.6 Å². The van der Waals surface area contributed by atoms with Crippen LogP contribution in [0.1, 0.15) is 38.4 Å². The summed E-state index contributed by atoms with van der Waals surface area (Å²) < 4.78 is 1.79. The molecule has 2 aromatic rings. The van der Waals surface area contributed by atoms with Gasteiger partial charge in [-0.1, -0.05) is 44.2 Å². The van der Waals surface area contributed by atoms with Gasteiger partial charge in [-0.2, -0.15) is 5.10 Å². The molecular formula is C20H27N3O3. The number of benzene rings is 1. The molecule has 6 heteroatoms. The number of carbonyl (C=O) groups excluding carboxylic acids is 1. The molecule has 0 aliphatic carbocycles. The molecule has 0 aliphatic rings. The molecule has 1 aromatic carbocycles. The molecule has 0 saturated heterocycles. The number of rotatable bonds is 10. The van der Waals surface area contributed by atoms with E-state index in [4.69, 9.17) is 0 Å². The van der Waals surface area contributed by atoms with Gasteiger partial charge in [-0.15, -0.1) is 0 Å². The molecule has 2 rings (SSSR count). The van der Waals surface area contributed by atoms with Gasteiger partial charge < -0.3 is 5.11 Å². The van der Waals surface area contributed by atoms with Crippen molar-refractivity contribution >= 4 is 11.8 Å². The molecule has 0 spiro atoms. The van der Waals surface area contributed by atoms with Crippen molar-refractivity contribution < 1.29 is 14.7 Å². The van der Waals surface area contributed by atoms with Gasteiger partial charge in [0.25, 0.3) is 0 Å². The lowest BCUT2D eigenvalue weighted by atomic mass is 9.99. The van der Waals surface area contributed by atoms with Crippen LogP contribution in [-0.4, -0.2) is 38.7 Å². The molecule has 0 aliphatic heterocycles. The number of nitrogens with zero attached hydrogens (tertiary/aromatic N) is 2. The SMILES string of the molecule is CC(=O)C(CC(C)C)NC(Cc1ccn(Cc2ccccc2)n1)C(=O)O. The van der Waals surface area contributed by atoms with Crippen LogP contribution >= 0.6 is 0 Å². The number of carbonyl (C=O) groups is 2. The average molecular weight is 357 g/mol. The zero-order valence-electron chi connectivity index (χ0n) is 15.6. The molecule has 0 bridgehead atoms. The number of carboxylic acids is 1. The molecule has 0 saturated carbocycles. The molecule has 2 unspecified atom stereocenters. The first-order valence-electron chi connectivity index (χ1n) is 8.90. The van der Waals surface area contributed by atoms with Gasteiger partial charge >= 0.3 is 5.97 Å². The van der Waals surface area contributed by atoms with Gasteiger partial charge in [0.1, 0.15) is 11.8 Å². The summed E-state index contributed by atoms with van der Waals surface area (Å²) in [4.78, 5) is 23.5. The number of hydrogen-bond donors (Lipinski definition) is 2. The Labute approximate surface area is 154 Å². The van der Waals surface area contributed by atoms with E-state index in [1.165, 1.54) is 6.92 Å². The Morgan fingerprint density at radius 1 is 1.15 bits per heavy atom. The van der Waals surface area contributed by atoms with Crippen molar-refractivity contribution in [3.63, 3.8) is 0 Å². The Morgan fingerprint density at radius 2 is 1.85 bits per heavy atom. The van der Waals surface area contributed by atoms with Crippen LogP contribution in [0.3, 0.4) is 0 Å². The van der Waals surface area contributed by atoms with E-state index in [1.54, 1.807) is 4.68 Å². The van der Waals surface area contributed by atoms with E-state index in [0.717, 1.165) is 5.56 Å². The maximum absolute atomic E-state index is 11.8. The van der Waals surface area contributed by atoms with Crippen molar-refractivity contribution in [2.45, 2.75) is 52.2 Å². The third kappa shape index (κ3) is 6.11. The summed E-state index contributed by atoms with van der Waals surface area (Å²) in [5, 5.41) is 17.0. The van der Waals surface area contributed by atoms with Gasteiger partial charge in [0.05, 0.1) is 18.3 Å². The summed E-state index contributed by atoms with van der Waals surface area (Å²) in [5.74, 6) is -0.715. The Balaban J connectivity index is 2.03. The topological polar surface area (TPSA) is 84.2 Å². The van der Waals surface area contributed by atoms with Crippen molar-refractivity contribution in [1.29, 1.82) is 0 Å². The minimum absolute atomic E-state index is 0.0421. The van der Waals surface area contributed by atoms with Crippen LogP contribution in [0.2, 0.25) is 0 Å². The van der Waals surface area contributed by atoms with E-state index >= 15 is 0 Å². The molecule has 6 nitrogen and oxygen atoms in total. The molecule has 1 aromatic heterocycles. The number of ketones is 1. The Morgan fingerprint density at radius 3 is 2.42 bits per heavy atom. The van der Waals surface area contributed by atoms with E-state index in [-0.39, 0.29) is 12.2 Å². The largest absolute Gasteiger partial charge is 0.480 e. The molecule has 1 heterocycles. The first-order valence-corrected chi connectivity index (χ1v) is 8.90. The predicted octanol–water partition coefficient (Wildman–Crippen LogP) is 2.52. The number of aromatic nitrogens is 2. The summed E-state index contributed by atoms with van der Waals surface area (Å²) in [6.45, 7) is 6.15. The molecule has 0 radical (unpaired) electrons. The Hall–Kier alpha value is -2.47. The van der Waals surface area contributed by atoms with E-state index in [9.17, 15) is 14.7 Å². The van der Waals surface area contributed by atoms with Crippen LogP contribution in [0, 0.1) is 5.92 Å². The highest BCUT2D eigenvalue weighted by Gasteiger charge is 2.25. The standard InChI is InChI=1S/C20H27N3O3/c1-14(2)11-18(15(3)24)21-19(20(25)26)12-17-9-10-23(22-17)13-16-7-5-4-6-8-16/h4-10,14,18-19,21H,11-13H2,1-3H3,(H,25,26). The molecular weight excluding hydrogens is 330 g/mol. The normalized spacial score (nSPS) is 13.5. The van der Waals surface area contributed by atoms with Crippen LogP contribution in [0.15, 0.2) is 42.6 Å². The highest BCUT2D eigenvalue weighted by Crippen LogP contribution is 2.10. The third-order valence-electron chi connectivity index (χ3n) is 4.19. The number of nitrogens with one attached hydrogen (secondary N) is 1. The molecule has 0 fully saturated rings. The zero-order chi connectivity index (χ0) is 19.1. The summed E-state index contributed by atoms with van der Waals surface area (Å²) >= 11 is 0. The summed E-state index contributed by atoms with van der Waals surface area (Å²) in [5.41, 5.74) is 1.82. The molecule has 2 N–H and O–H groups in total. The third-order valence-corrected chi connectivity index (χ3v) is 4.19. The molecule has 0 amide bonds. The Kier molecular flexibility index (Phi) is 7.09. The van der Waals surface area contributed by atoms with Crippen LogP contribution in [0.4, 0.5) is 0 Å². The fourth-order valence-electron chi connectivity index (χ4n) is 2.86. The monoisotopic (exact) mass is 357 g/mol. The number of Topliss-reactive ketones (excluding diaryl/α,β-unsaturated/α-hetero) is 1. The first-order chi connectivity index (χ1) is 12.3. The van der Waals surface area contributed by atoms with E-state index in [0.29, 0.717) is 24.6 Å². The lowest BCUT2D eigenvalue weighted by Gasteiger charge is -2.22. The van der Waals surface area contributed by atoms with Crippen molar-refractivity contribution in [2.75, 3.05) is 0 Å². The van der Waals surface area contributed by atoms with Crippen molar-refractivity contribution in [2.24, 2.45) is 5.92 Å². The second-order valence-corrected chi connectivity index (χ2v) is 7.04. The van der Waals surface area contributed by atoms with Crippen LogP contribution in [0.25, 0.3) is 0 Å². The second-order valence-electron chi connectivity index (χ2n) is 7.04. The molecule has 26 heavy (non-hydrogen) atoms. The highest BCUT2D eigenvalue weighted by molar-refractivity contribution is 5.82. The first kappa shape index (κ1) is 19.8. The fraction of sp³-hybridized carbons (Fsp3) is 0.450. The van der Waals surface area contributed by atoms with Gasteiger partial charge in [0.2, 0.25) is 0 Å². The van der Waals surface area contributed by atoms with Gasteiger partial charge in [-0.05, 0) is 30.9 Å². The lowest BCUT2D eigenvalue weighted by Crippen LogP contribution is -2.48. The summed E-state index contributed by atoms with van der Waals surface area (Å²) in [6.07, 6.45) is 2.69. The van der Waals surface area contributed by atoms with Crippen LogP contribution in [-0.2, 0) is 22.6 Å². The molecule has 2 atom stereocenters. The minimum Gasteiger partial charge on any atom is -0.480 e. The highest BCUT2D eigenvalue weighted by atomic mass is 16.4. The van der Waals surface area contributed by atoms with Gasteiger partial charge in [-0.25, -0.2) is 0 Å². The molecule has 140 valence electrons. The minimum atomic E-state index is -0.974. The number of aliphatic carboxylic acids is 1. The quantitative estimate of drug-likeness (QED) is 0.683. The van der Waals surface area contributed by atoms with E-state index in [2.05, 4.69) is 10.4 Å². The number of carboxylic acid groups (broad SMARTS) is 1. The van der Waals surface area contributed by atoms with Gasteiger partial charge in [0, 0.05) is 12.6 Å². The average Bonchev–Trinajstić information content (AvgIpc) is 3.00. The van der Waals surface area contributed by atoms with Crippen molar-refractivity contribution in [3.05, 3.63) is 53.9 Å². The summed E-state index contributed by atoms with van der Waals surface area (Å²) in [6, 6.07) is 10.5. The summed E-state index contributed by atoms with van der Waals surface area (Å²) in [7, 11) is 0. The lowest BCUT2D eigenvalue weighted by molar-refractivity contribution is -0.139. The van der Waals surface area contributed by atoms with Crippen molar-refractivity contribution in [1.82, 2.24) is 15.1 Å². The maximum Gasteiger partial charge on any atom is 0.321 e. The fourth-order valence-corrected chi connectivity index (χ4v) is 2.86. The van der Waals surface area contributed by atoms with Gasteiger partial charge in [0.15, 0.2) is 0 Å². The van der Waals surface area contributed by atoms with E-state index in [1.807, 2.05) is 56.4 Å².